The second-order valence-electron chi connectivity index (χ2n) is 4.54. The van der Waals surface area contributed by atoms with Crippen LogP contribution in [0.25, 0.3) is 0 Å². The maximum absolute atomic E-state index is 12.3. The lowest BCUT2D eigenvalue weighted by Crippen LogP contribution is -2.45. The Morgan fingerprint density at radius 2 is 1.95 bits per heavy atom. The van der Waals surface area contributed by atoms with Crippen LogP contribution in [0.5, 0.6) is 0 Å². The molecule has 2 rings (SSSR count). The molecule has 0 fully saturated rings. The van der Waals surface area contributed by atoms with Crippen LogP contribution >= 0.6 is 11.3 Å². The first-order chi connectivity index (χ1) is 9.50. The molecule has 106 valence electrons. The Labute approximate surface area is 122 Å². The average Bonchev–Trinajstić information content (AvgIpc) is 2.78. The highest BCUT2D eigenvalue weighted by Crippen LogP contribution is 2.36. The van der Waals surface area contributed by atoms with Crippen LogP contribution in [0.3, 0.4) is 0 Å². The number of aryl methyl sites for hydroxylation is 2. The van der Waals surface area contributed by atoms with E-state index in [2.05, 4.69) is 10.3 Å². The first-order valence-corrected chi connectivity index (χ1v) is 7.00. The summed E-state index contributed by atoms with van der Waals surface area (Å²) in [4.78, 5) is 19.0. The van der Waals surface area contributed by atoms with Gasteiger partial charge >= 0.3 is 0 Å². The Kier molecular flexibility index (Phi) is 4.23. The van der Waals surface area contributed by atoms with Crippen molar-refractivity contribution in [1.82, 2.24) is 5.48 Å². The van der Waals surface area contributed by atoms with E-state index in [9.17, 15) is 9.90 Å². The molecule has 0 saturated heterocycles. The second-order valence-corrected chi connectivity index (χ2v) is 6.00. The number of carbonyl (C=O) groups excluding carboxylic acids is 1. The molecule has 0 radical (unpaired) electrons. The molecule has 1 amide bonds. The topological polar surface area (TPSA) is 58.6 Å². The average molecular weight is 291 g/mol. The lowest BCUT2D eigenvalue weighted by atomic mass is 9.86. The van der Waals surface area contributed by atoms with Gasteiger partial charge in [-0.25, -0.2) is 5.48 Å². The van der Waals surface area contributed by atoms with E-state index in [1.807, 2.05) is 26.0 Å². The lowest BCUT2D eigenvalue weighted by molar-refractivity contribution is -0.147. The molecule has 1 aromatic heterocycles. The number of rotatable bonds is 4. The quantitative estimate of drug-likeness (QED) is 0.850. The van der Waals surface area contributed by atoms with Crippen LogP contribution in [0.15, 0.2) is 36.4 Å². The van der Waals surface area contributed by atoms with Gasteiger partial charge in [-0.3, -0.25) is 9.63 Å². The number of hydroxylamine groups is 1. The molecule has 0 aliphatic rings. The van der Waals surface area contributed by atoms with Crippen LogP contribution < -0.4 is 5.48 Å². The predicted octanol–water partition coefficient (Wildman–Crippen LogP) is 2.28. The standard InChI is InChI=1S/C15H17NO3S/c1-10-9-13(11(2)20-10)15(18,14(17)16-19-3)12-7-5-4-6-8-12/h4-9,18H,1-3H3,(H,16,17). The monoisotopic (exact) mass is 291 g/mol. The van der Waals surface area contributed by atoms with E-state index in [1.165, 1.54) is 7.11 Å². The first-order valence-electron chi connectivity index (χ1n) is 6.19. The van der Waals surface area contributed by atoms with Crippen molar-refractivity contribution in [2.75, 3.05) is 7.11 Å². The van der Waals surface area contributed by atoms with Gasteiger partial charge in [0.2, 0.25) is 0 Å². The molecule has 5 heteroatoms. The predicted molar refractivity (Wildman–Crippen MR) is 78.4 cm³/mol. The van der Waals surface area contributed by atoms with E-state index in [-0.39, 0.29) is 0 Å². The number of benzene rings is 1. The minimum absolute atomic E-state index is 0.510. The molecule has 1 unspecified atom stereocenters. The number of thiophene rings is 1. The Balaban J connectivity index is 2.61. The van der Waals surface area contributed by atoms with E-state index < -0.39 is 11.5 Å². The molecule has 20 heavy (non-hydrogen) atoms. The molecular formula is C15H17NO3S. The van der Waals surface area contributed by atoms with Crippen LogP contribution in [0.4, 0.5) is 0 Å². The van der Waals surface area contributed by atoms with Crippen molar-refractivity contribution in [1.29, 1.82) is 0 Å². The largest absolute Gasteiger partial charge is 0.372 e. The normalized spacial score (nSPS) is 13.8. The van der Waals surface area contributed by atoms with Crippen molar-refractivity contribution in [3.05, 3.63) is 57.3 Å². The minimum atomic E-state index is -1.76. The van der Waals surface area contributed by atoms with E-state index in [1.54, 1.807) is 35.6 Å². The Bertz CT molecular complexity index is 609. The number of hydrogen-bond acceptors (Lipinski definition) is 4. The van der Waals surface area contributed by atoms with Gasteiger partial charge in [0.05, 0.1) is 7.11 Å². The Morgan fingerprint density at radius 1 is 1.30 bits per heavy atom. The smallest absolute Gasteiger partial charge is 0.284 e. The summed E-state index contributed by atoms with van der Waals surface area (Å²) in [7, 11) is 1.34. The highest BCUT2D eigenvalue weighted by atomic mass is 32.1. The molecule has 2 aromatic rings. The lowest BCUT2D eigenvalue weighted by Gasteiger charge is -2.27. The summed E-state index contributed by atoms with van der Waals surface area (Å²) < 4.78 is 0. The first kappa shape index (κ1) is 14.7. The zero-order chi connectivity index (χ0) is 14.8. The maximum atomic E-state index is 12.3. The molecule has 0 bridgehead atoms. The van der Waals surface area contributed by atoms with Gasteiger partial charge < -0.3 is 5.11 Å². The number of nitrogens with one attached hydrogen (secondary N) is 1. The summed E-state index contributed by atoms with van der Waals surface area (Å²) in [5.74, 6) is -0.605. The van der Waals surface area contributed by atoms with Crippen molar-refractivity contribution < 1.29 is 14.7 Å². The van der Waals surface area contributed by atoms with Crippen molar-refractivity contribution in [3.63, 3.8) is 0 Å². The fourth-order valence-electron chi connectivity index (χ4n) is 2.24. The molecule has 1 aromatic carbocycles. The number of hydrogen-bond donors (Lipinski definition) is 2. The third-order valence-electron chi connectivity index (χ3n) is 3.15. The SMILES string of the molecule is CONC(=O)C(O)(c1ccccc1)c1cc(C)sc1C. The van der Waals surface area contributed by atoms with Gasteiger partial charge in [0.25, 0.3) is 5.91 Å². The fraction of sp³-hybridized carbons (Fsp3) is 0.267. The molecule has 0 aliphatic heterocycles. The van der Waals surface area contributed by atoms with Crippen molar-refractivity contribution in [2.45, 2.75) is 19.4 Å². The Hall–Kier alpha value is -1.69. The molecule has 0 aliphatic carbocycles. The number of aliphatic hydroxyl groups is 1. The third kappa shape index (κ3) is 2.47. The van der Waals surface area contributed by atoms with E-state index in [0.29, 0.717) is 11.1 Å². The van der Waals surface area contributed by atoms with Crippen LogP contribution in [0.2, 0.25) is 0 Å². The van der Waals surface area contributed by atoms with Gasteiger partial charge in [0.1, 0.15) is 0 Å². The number of amides is 1. The van der Waals surface area contributed by atoms with Crippen molar-refractivity contribution in [3.8, 4) is 0 Å². The van der Waals surface area contributed by atoms with Crippen LogP contribution in [0.1, 0.15) is 20.9 Å². The number of carbonyl (C=O) groups is 1. The molecule has 4 nitrogen and oxygen atoms in total. The summed E-state index contributed by atoms with van der Waals surface area (Å²) >= 11 is 1.55. The molecule has 0 spiro atoms. The van der Waals surface area contributed by atoms with E-state index >= 15 is 0 Å². The van der Waals surface area contributed by atoms with Crippen molar-refractivity contribution >= 4 is 17.2 Å². The summed E-state index contributed by atoms with van der Waals surface area (Å²) in [6.45, 7) is 3.84. The summed E-state index contributed by atoms with van der Waals surface area (Å²) in [5, 5.41) is 11.1. The van der Waals surface area contributed by atoms with Crippen LogP contribution in [0, 0.1) is 13.8 Å². The van der Waals surface area contributed by atoms with Crippen molar-refractivity contribution in [2.24, 2.45) is 0 Å². The molecule has 1 atom stereocenters. The third-order valence-corrected chi connectivity index (χ3v) is 4.11. The summed E-state index contributed by atoms with van der Waals surface area (Å²) in [5.41, 5.74) is 1.57. The fourth-order valence-corrected chi connectivity index (χ4v) is 3.22. The summed E-state index contributed by atoms with van der Waals surface area (Å²) in [6, 6.07) is 10.7. The molecule has 2 N–H and O–H groups in total. The van der Waals surface area contributed by atoms with Crippen LogP contribution in [-0.2, 0) is 15.2 Å². The van der Waals surface area contributed by atoms with Gasteiger partial charge in [-0.2, -0.15) is 0 Å². The molecular weight excluding hydrogens is 274 g/mol. The maximum Gasteiger partial charge on any atom is 0.284 e. The molecule has 0 saturated carbocycles. The Morgan fingerprint density at radius 3 is 2.45 bits per heavy atom. The van der Waals surface area contributed by atoms with Gasteiger partial charge in [0, 0.05) is 15.3 Å². The van der Waals surface area contributed by atoms with Gasteiger partial charge in [-0.1, -0.05) is 30.3 Å². The highest BCUT2D eigenvalue weighted by Gasteiger charge is 2.42. The van der Waals surface area contributed by atoms with E-state index in [0.717, 1.165) is 9.75 Å². The zero-order valence-corrected chi connectivity index (χ0v) is 12.5. The van der Waals surface area contributed by atoms with E-state index in [4.69, 9.17) is 0 Å². The van der Waals surface area contributed by atoms with Crippen LogP contribution in [-0.4, -0.2) is 18.1 Å². The highest BCUT2D eigenvalue weighted by molar-refractivity contribution is 7.12. The van der Waals surface area contributed by atoms with Gasteiger partial charge in [0.15, 0.2) is 5.60 Å². The van der Waals surface area contributed by atoms with Gasteiger partial charge in [-0.05, 0) is 25.5 Å². The summed E-state index contributed by atoms with van der Waals surface area (Å²) in [6.07, 6.45) is 0. The molecule has 1 heterocycles. The zero-order valence-electron chi connectivity index (χ0n) is 11.6. The minimum Gasteiger partial charge on any atom is -0.372 e. The second kappa shape index (κ2) is 5.75. The van der Waals surface area contributed by atoms with Gasteiger partial charge in [-0.15, -0.1) is 11.3 Å².